The molecule has 0 saturated heterocycles. The number of rotatable bonds is 6. The van der Waals surface area contributed by atoms with Gasteiger partial charge in [0.05, 0.1) is 22.8 Å². The van der Waals surface area contributed by atoms with Crippen LogP contribution in [-0.2, 0) is 14.3 Å². The van der Waals surface area contributed by atoms with Crippen molar-refractivity contribution >= 4 is 35.1 Å². The smallest absolute Gasteiger partial charge is 0.339 e. The second-order valence-corrected chi connectivity index (χ2v) is 6.93. The topological polar surface area (TPSA) is 103 Å². The molecule has 170 valence electrons. The summed E-state index contributed by atoms with van der Waals surface area (Å²) in [7, 11) is 0. The van der Waals surface area contributed by atoms with E-state index in [-0.39, 0.29) is 22.9 Å². The van der Waals surface area contributed by atoms with Crippen LogP contribution in [-0.4, -0.2) is 43.6 Å². The average molecular weight is 473 g/mol. The number of fused-ring (bicyclic) bond motifs is 1. The molecule has 1 unspecified atom stereocenters. The summed E-state index contributed by atoms with van der Waals surface area (Å²) in [6.07, 6.45) is -1.30. The van der Waals surface area contributed by atoms with Crippen LogP contribution in [0.25, 0.3) is 0 Å². The fraction of sp³-hybridized carbons (Fsp3) is 0.250. The van der Waals surface area contributed by atoms with Crippen LogP contribution in [0.1, 0.15) is 17.3 Å². The molecular formula is C20H16ClF3N2O6. The number of carbonyl (C=O) groups is 3. The Balaban J connectivity index is 1.54. The van der Waals surface area contributed by atoms with E-state index in [0.717, 1.165) is 6.07 Å². The molecule has 0 bridgehead atoms. The maximum Gasteiger partial charge on any atom is 0.339 e. The molecule has 2 aromatic carbocycles. The van der Waals surface area contributed by atoms with Gasteiger partial charge in [-0.05, 0) is 31.2 Å². The van der Waals surface area contributed by atoms with Gasteiger partial charge in [-0.2, -0.15) is 0 Å². The Kier molecular flexibility index (Phi) is 7.08. The highest BCUT2D eigenvalue weighted by molar-refractivity contribution is 6.32. The average Bonchev–Trinajstić information content (AvgIpc) is 2.77. The minimum absolute atomic E-state index is 0.0189. The van der Waals surface area contributed by atoms with Crippen molar-refractivity contribution in [1.29, 1.82) is 0 Å². The predicted octanol–water partition coefficient (Wildman–Crippen LogP) is 2.83. The molecule has 1 atom stereocenters. The first-order chi connectivity index (χ1) is 15.2. The number of nitrogens with one attached hydrogen (secondary N) is 2. The molecule has 0 saturated carbocycles. The van der Waals surface area contributed by atoms with E-state index in [4.69, 9.17) is 25.8 Å². The van der Waals surface area contributed by atoms with Gasteiger partial charge in [-0.15, -0.1) is 0 Å². The van der Waals surface area contributed by atoms with Crippen LogP contribution in [0.5, 0.6) is 11.5 Å². The lowest BCUT2D eigenvalue weighted by Gasteiger charge is -2.20. The minimum Gasteiger partial charge on any atom is -0.486 e. The summed E-state index contributed by atoms with van der Waals surface area (Å²) in [5.41, 5.74) is -0.580. The predicted molar refractivity (Wildman–Crippen MR) is 105 cm³/mol. The summed E-state index contributed by atoms with van der Waals surface area (Å²) in [5.74, 6) is -6.80. The van der Waals surface area contributed by atoms with E-state index in [0.29, 0.717) is 18.4 Å². The molecule has 32 heavy (non-hydrogen) atoms. The third kappa shape index (κ3) is 5.22. The van der Waals surface area contributed by atoms with Gasteiger partial charge in [-0.1, -0.05) is 11.6 Å². The molecule has 8 nitrogen and oxygen atoms in total. The fourth-order valence-corrected chi connectivity index (χ4v) is 2.90. The van der Waals surface area contributed by atoms with Gasteiger partial charge in [0.1, 0.15) is 13.2 Å². The van der Waals surface area contributed by atoms with Crippen molar-refractivity contribution in [2.75, 3.05) is 25.1 Å². The van der Waals surface area contributed by atoms with Crippen molar-refractivity contribution in [3.63, 3.8) is 0 Å². The second-order valence-electron chi connectivity index (χ2n) is 6.52. The Labute approximate surface area is 184 Å². The molecule has 0 fully saturated rings. The van der Waals surface area contributed by atoms with Crippen LogP contribution in [0.15, 0.2) is 24.3 Å². The van der Waals surface area contributed by atoms with Gasteiger partial charge in [0.25, 0.3) is 5.91 Å². The largest absolute Gasteiger partial charge is 0.486 e. The number of anilines is 1. The molecule has 12 heteroatoms. The van der Waals surface area contributed by atoms with Crippen LogP contribution in [0.3, 0.4) is 0 Å². The Bertz CT molecular complexity index is 1080. The van der Waals surface area contributed by atoms with Gasteiger partial charge in [-0.3, -0.25) is 9.59 Å². The molecule has 1 heterocycles. The van der Waals surface area contributed by atoms with Crippen LogP contribution >= 0.6 is 11.6 Å². The molecule has 0 aliphatic carbocycles. The highest BCUT2D eigenvalue weighted by atomic mass is 35.5. The summed E-state index contributed by atoms with van der Waals surface area (Å²) in [5, 5.41) is 4.30. The van der Waals surface area contributed by atoms with Crippen LogP contribution in [0.2, 0.25) is 5.02 Å². The van der Waals surface area contributed by atoms with Crippen molar-refractivity contribution in [3.8, 4) is 11.5 Å². The fourth-order valence-electron chi connectivity index (χ4n) is 2.64. The Morgan fingerprint density at radius 2 is 1.84 bits per heavy atom. The zero-order valence-electron chi connectivity index (χ0n) is 16.5. The maximum absolute atomic E-state index is 13.6. The standard InChI is InChI=1S/C20H16ClF3N2O6/c1-9(32-20(29)10-6-11(21)18-14(7-10)30-4-5-31-18)19(28)25-8-15(27)26-13-3-2-12(22)16(23)17(13)24/h2-3,6-7,9H,4-5,8H2,1H3,(H,25,28)(H,26,27). The molecule has 2 aromatic rings. The second kappa shape index (κ2) is 9.77. The number of hydrogen-bond acceptors (Lipinski definition) is 6. The molecule has 0 spiro atoms. The number of amides is 2. The van der Waals surface area contributed by atoms with Gasteiger partial charge in [0.15, 0.2) is 35.1 Å². The molecule has 0 radical (unpaired) electrons. The van der Waals surface area contributed by atoms with Gasteiger partial charge >= 0.3 is 5.97 Å². The molecule has 2 N–H and O–H groups in total. The number of halogens is 4. The summed E-state index contributed by atoms with van der Waals surface area (Å²) >= 11 is 6.06. The lowest BCUT2D eigenvalue weighted by molar-refractivity contribution is -0.130. The van der Waals surface area contributed by atoms with E-state index < -0.39 is 53.6 Å². The Morgan fingerprint density at radius 1 is 1.12 bits per heavy atom. The Morgan fingerprint density at radius 3 is 2.59 bits per heavy atom. The van der Waals surface area contributed by atoms with Crippen LogP contribution in [0.4, 0.5) is 18.9 Å². The number of carbonyl (C=O) groups excluding carboxylic acids is 3. The number of hydrogen-bond donors (Lipinski definition) is 2. The zero-order valence-corrected chi connectivity index (χ0v) is 17.2. The molecule has 2 amide bonds. The highest BCUT2D eigenvalue weighted by Gasteiger charge is 2.24. The molecule has 0 aromatic heterocycles. The highest BCUT2D eigenvalue weighted by Crippen LogP contribution is 2.38. The van der Waals surface area contributed by atoms with Gasteiger partial charge in [-0.25, -0.2) is 18.0 Å². The summed E-state index contributed by atoms with van der Waals surface area (Å²) in [6, 6.07) is 4.12. The SMILES string of the molecule is CC(OC(=O)c1cc(Cl)c2c(c1)OCCO2)C(=O)NCC(=O)Nc1ccc(F)c(F)c1F. The van der Waals surface area contributed by atoms with E-state index in [1.54, 1.807) is 0 Å². The third-order valence-electron chi connectivity index (χ3n) is 4.22. The summed E-state index contributed by atoms with van der Waals surface area (Å²) in [6.45, 7) is 1.20. The van der Waals surface area contributed by atoms with Crippen LogP contribution < -0.4 is 20.1 Å². The van der Waals surface area contributed by atoms with Gasteiger partial charge < -0.3 is 24.8 Å². The minimum atomic E-state index is -1.74. The lowest BCUT2D eigenvalue weighted by atomic mass is 10.2. The normalized spacial score (nSPS) is 13.2. The first kappa shape index (κ1) is 23.2. The first-order valence-corrected chi connectivity index (χ1v) is 9.56. The quantitative estimate of drug-likeness (QED) is 0.495. The number of esters is 1. The van der Waals surface area contributed by atoms with Crippen molar-refractivity contribution in [3.05, 3.63) is 52.3 Å². The third-order valence-corrected chi connectivity index (χ3v) is 4.50. The van der Waals surface area contributed by atoms with E-state index >= 15 is 0 Å². The number of benzene rings is 2. The number of ether oxygens (including phenoxy) is 3. The van der Waals surface area contributed by atoms with Gasteiger partial charge in [0, 0.05) is 0 Å². The Hall–Kier alpha value is -3.47. The molecule has 1 aliphatic heterocycles. The van der Waals surface area contributed by atoms with Crippen molar-refractivity contribution in [2.45, 2.75) is 13.0 Å². The van der Waals surface area contributed by atoms with E-state index in [9.17, 15) is 27.6 Å². The lowest BCUT2D eigenvalue weighted by Crippen LogP contribution is -2.40. The van der Waals surface area contributed by atoms with E-state index in [1.807, 2.05) is 5.32 Å². The maximum atomic E-state index is 13.6. The van der Waals surface area contributed by atoms with Crippen molar-refractivity contribution in [2.24, 2.45) is 0 Å². The molecule has 1 aliphatic rings. The monoisotopic (exact) mass is 472 g/mol. The van der Waals surface area contributed by atoms with Gasteiger partial charge in [0.2, 0.25) is 5.91 Å². The van der Waals surface area contributed by atoms with E-state index in [2.05, 4.69) is 5.32 Å². The molecular weight excluding hydrogens is 457 g/mol. The van der Waals surface area contributed by atoms with E-state index in [1.165, 1.54) is 19.1 Å². The van der Waals surface area contributed by atoms with Crippen molar-refractivity contribution < 1.29 is 41.8 Å². The first-order valence-electron chi connectivity index (χ1n) is 9.18. The van der Waals surface area contributed by atoms with Crippen LogP contribution in [0, 0.1) is 17.5 Å². The van der Waals surface area contributed by atoms with Crippen molar-refractivity contribution in [1.82, 2.24) is 5.32 Å². The zero-order chi connectivity index (χ0) is 23.4. The summed E-state index contributed by atoms with van der Waals surface area (Å²) < 4.78 is 55.5. The summed E-state index contributed by atoms with van der Waals surface area (Å²) in [4.78, 5) is 36.3. The molecule has 3 rings (SSSR count).